The van der Waals surface area contributed by atoms with Crippen LogP contribution in [0.15, 0.2) is 70.4 Å². The van der Waals surface area contributed by atoms with Crippen LogP contribution >= 0.6 is 0 Å². The minimum atomic E-state index is -4.02. The molecule has 4 N–H and O–H groups in total. The third-order valence-corrected chi connectivity index (χ3v) is 6.45. The van der Waals surface area contributed by atoms with Crippen LogP contribution in [-0.4, -0.2) is 58.1 Å². The van der Waals surface area contributed by atoms with Crippen molar-refractivity contribution in [3.8, 4) is 0 Å². The molecule has 1 atom stereocenters. The number of anilines is 2. The molecule has 0 aromatic heterocycles. The SMILES string of the molecule is CCC(=O)NS(=O)(=O)c1cccc(NC2=NC(Nc3ccc(CCOC(=O)N(C)C)cc3)C(F)=CN2)c1. The van der Waals surface area contributed by atoms with Gasteiger partial charge in [-0.15, -0.1) is 0 Å². The van der Waals surface area contributed by atoms with E-state index in [1.165, 1.54) is 23.1 Å². The molecule has 0 bridgehead atoms. The van der Waals surface area contributed by atoms with Gasteiger partial charge in [0.15, 0.2) is 12.0 Å². The van der Waals surface area contributed by atoms with Gasteiger partial charge in [-0.2, -0.15) is 0 Å². The number of nitrogens with one attached hydrogen (secondary N) is 4. The van der Waals surface area contributed by atoms with Crippen molar-refractivity contribution in [2.75, 3.05) is 31.3 Å². The second-order valence-corrected chi connectivity index (χ2v) is 9.87. The minimum Gasteiger partial charge on any atom is -0.449 e. The summed E-state index contributed by atoms with van der Waals surface area (Å²) in [6.07, 6.45) is 0.267. The molecule has 1 unspecified atom stereocenters. The lowest BCUT2D eigenvalue weighted by Crippen LogP contribution is -2.35. The van der Waals surface area contributed by atoms with E-state index in [9.17, 15) is 22.4 Å². The van der Waals surface area contributed by atoms with E-state index in [4.69, 9.17) is 4.74 Å². The Kier molecular flexibility index (Phi) is 9.06. The van der Waals surface area contributed by atoms with Crippen molar-refractivity contribution < 1.29 is 27.1 Å². The summed E-state index contributed by atoms with van der Waals surface area (Å²) in [5, 5.41) is 8.57. The topological polar surface area (TPSA) is 141 Å². The summed E-state index contributed by atoms with van der Waals surface area (Å²) >= 11 is 0. The quantitative estimate of drug-likeness (QED) is 0.386. The van der Waals surface area contributed by atoms with Gasteiger partial charge in [0, 0.05) is 44.5 Å². The molecule has 0 aliphatic carbocycles. The van der Waals surface area contributed by atoms with Crippen molar-refractivity contribution >= 4 is 39.4 Å². The maximum absolute atomic E-state index is 14.4. The van der Waals surface area contributed by atoms with Crippen LogP contribution in [0.2, 0.25) is 0 Å². The second kappa shape index (κ2) is 12.2. The van der Waals surface area contributed by atoms with Gasteiger partial charge >= 0.3 is 6.09 Å². The largest absolute Gasteiger partial charge is 0.449 e. The number of ether oxygens (including phenoxy) is 1. The maximum Gasteiger partial charge on any atom is 0.409 e. The first-order chi connectivity index (χ1) is 17.6. The van der Waals surface area contributed by atoms with Crippen molar-refractivity contribution in [2.45, 2.75) is 30.8 Å². The highest BCUT2D eigenvalue weighted by atomic mass is 32.2. The number of aliphatic imine (C=N–C) groups is 1. The number of rotatable bonds is 9. The number of amides is 2. The van der Waals surface area contributed by atoms with E-state index in [-0.39, 0.29) is 23.9 Å². The van der Waals surface area contributed by atoms with Gasteiger partial charge in [-0.1, -0.05) is 25.1 Å². The first-order valence-electron chi connectivity index (χ1n) is 11.4. The number of hydrogen-bond donors (Lipinski definition) is 4. The molecule has 2 amide bonds. The van der Waals surface area contributed by atoms with Crippen LogP contribution in [0, 0.1) is 0 Å². The minimum absolute atomic E-state index is 0.0269. The van der Waals surface area contributed by atoms with E-state index in [0.29, 0.717) is 17.8 Å². The molecule has 1 aliphatic heterocycles. The highest BCUT2D eigenvalue weighted by Gasteiger charge is 2.20. The van der Waals surface area contributed by atoms with E-state index in [0.717, 1.165) is 11.8 Å². The summed E-state index contributed by atoms with van der Waals surface area (Å²) in [7, 11) is -0.807. The Morgan fingerprint density at radius 2 is 1.86 bits per heavy atom. The Balaban J connectivity index is 1.63. The first-order valence-corrected chi connectivity index (χ1v) is 12.9. The van der Waals surface area contributed by atoms with Crippen LogP contribution in [0.1, 0.15) is 18.9 Å². The van der Waals surface area contributed by atoms with Crippen LogP contribution in [0.25, 0.3) is 0 Å². The van der Waals surface area contributed by atoms with Gasteiger partial charge in [-0.3, -0.25) is 4.79 Å². The zero-order valence-corrected chi connectivity index (χ0v) is 21.4. The van der Waals surface area contributed by atoms with E-state index in [2.05, 4.69) is 20.9 Å². The average molecular weight is 533 g/mol. The number of halogens is 1. The highest BCUT2D eigenvalue weighted by molar-refractivity contribution is 7.90. The number of nitrogens with zero attached hydrogens (tertiary/aromatic N) is 2. The molecule has 2 aromatic carbocycles. The second-order valence-electron chi connectivity index (χ2n) is 8.19. The Morgan fingerprint density at radius 1 is 1.14 bits per heavy atom. The molecule has 1 heterocycles. The summed E-state index contributed by atoms with van der Waals surface area (Å²) in [4.78, 5) is 28.5. The number of hydrogen-bond acceptors (Lipinski definition) is 9. The van der Waals surface area contributed by atoms with Gasteiger partial charge in [0.25, 0.3) is 10.0 Å². The third-order valence-electron chi connectivity index (χ3n) is 5.08. The highest BCUT2D eigenvalue weighted by Crippen LogP contribution is 2.20. The lowest BCUT2D eigenvalue weighted by Gasteiger charge is -2.21. The summed E-state index contributed by atoms with van der Waals surface area (Å²) in [6, 6.07) is 13.0. The Labute approximate surface area is 214 Å². The molecule has 0 fully saturated rings. The summed E-state index contributed by atoms with van der Waals surface area (Å²) in [5.41, 5.74) is 1.92. The van der Waals surface area contributed by atoms with Crippen LogP contribution in [0.4, 0.5) is 20.6 Å². The molecular weight excluding hydrogens is 503 g/mol. The maximum atomic E-state index is 14.4. The third kappa shape index (κ3) is 7.93. The molecule has 0 spiro atoms. The van der Waals surface area contributed by atoms with Gasteiger partial charge in [-0.25, -0.2) is 27.3 Å². The van der Waals surface area contributed by atoms with Crippen LogP contribution in [0.3, 0.4) is 0 Å². The molecule has 13 heteroatoms. The number of carbonyl (C=O) groups is 2. The smallest absolute Gasteiger partial charge is 0.409 e. The standard InChI is InChI=1S/C24H29FN6O5S/c1-4-21(32)30-37(34,35)19-7-5-6-18(14-19)28-23-26-15-20(25)22(29-23)27-17-10-8-16(9-11-17)12-13-36-24(33)31(2)3/h5-11,14-15,22,27H,4,12-13H2,1-3H3,(H,30,32)(H2,26,28,29). The van der Waals surface area contributed by atoms with E-state index in [1.807, 2.05) is 16.9 Å². The van der Waals surface area contributed by atoms with Gasteiger partial charge < -0.3 is 25.6 Å². The molecule has 2 aromatic rings. The van der Waals surface area contributed by atoms with Gasteiger partial charge in [0.05, 0.1) is 11.5 Å². The fourth-order valence-electron chi connectivity index (χ4n) is 3.08. The van der Waals surface area contributed by atoms with Gasteiger partial charge in [0.2, 0.25) is 11.9 Å². The van der Waals surface area contributed by atoms with Gasteiger partial charge in [0.1, 0.15) is 0 Å². The molecule has 198 valence electrons. The number of carbonyl (C=O) groups excluding carboxylic acids is 2. The molecule has 0 radical (unpaired) electrons. The van der Waals surface area contributed by atoms with Crippen molar-refractivity contribution in [3.05, 3.63) is 66.1 Å². The number of sulfonamides is 1. The first kappa shape index (κ1) is 27.5. The zero-order chi connectivity index (χ0) is 27.0. The van der Waals surface area contributed by atoms with Crippen molar-refractivity contribution in [2.24, 2.45) is 4.99 Å². The van der Waals surface area contributed by atoms with Gasteiger partial charge in [-0.05, 0) is 35.9 Å². The van der Waals surface area contributed by atoms with E-state index < -0.39 is 34.0 Å². The normalized spacial score (nSPS) is 15.0. The van der Waals surface area contributed by atoms with Crippen LogP contribution < -0.4 is 20.7 Å². The van der Waals surface area contributed by atoms with Crippen LogP contribution in [0.5, 0.6) is 0 Å². The monoisotopic (exact) mass is 532 g/mol. The van der Waals surface area contributed by atoms with E-state index in [1.54, 1.807) is 39.2 Å². The summed E-state index contributed by atoms with van der Waals surface area (Å²) in [5.74, 6) is -0.985. The van der Waals surface area contributed by atoms with Crippen molar-refractivity contribution in [3.63, 3.8) is 0 Å². The molecule has 3 rings (SSSR count). The van der Waals surface area contributed by atoms with Crippen molar-refractivity contribution in [1.82, 2.24) is 14.9 Å². The molecular formula is C24H29FN6O5S. The molecule has 1 aliphatic rings. The van der Waals surface area contributed by atoms with Crippen LogP contribution in [-0.2, 0) is 26.0 Å². The van der Waals surface area contributed by atoms with E-state index >= 15 is 0 Å². The fourth-order valence-corrected chi connectivity index (χ4v) is 4.19. The number of guanidine groups is 1. The molecule has 11 nitrogen and oxygen atoms in total. The molecule has 37 heavy (non-hydrogen) atoms. The lowest BCUT2D eigenvalue weighted by atomic mass is 10.1. The van der Waals surface area contributed by atoms with Crippen molar-refractivity contribution in [1.29, 1.82) is 0 Å². The Morgan fingerprint density at radius 3 is 2.54 bits per heavy atom. The lowest BCUT2D eigenvalue weighted by molar-refractivity contribution is -0.119. The fraction of sp³-hybridized carbons (Fsp3) is 0.292. The Bertz CT molecular complexity index is 1290. The Hall–Kier alpha value is -4.13. The predicted molar refractivity (Wildman–Crippen MR) is 138 cm³/mol. The number of benzene rings is 2. The summed E-state index contributed by atoms with van der Waals surface area (Å²) in [6.45, 7) is 1.79. The molecule has 0 saturated heterocycles. The molecule has 0 saturated carbocycles. The summed E-state index contributed by atoms with van der Waals surface area (Å²) < 4.78 is 46.3. The zero-order valence-electron chi connectivity index (χ0n) is 20.6. The average Bonchev–Trinajstić information content (AvgIpc) is 2.86. The predicted octanol–water partition coefficient (Wildman–Crippen LogP) is 2.76.